The Kier molecular flexibility index (Phi) is 5.98. The highest BCUT2D eigenvalue weighted by atomic mass is 16.5. The first-order chi connectivity index (χ1) is 11.0. The van der Waals surface area contributed by atoms with E-state index in [1.165, 1.54) is 0 Å². The number of nitrogens with zero attached hydrogens (tertiary/aromatic N) is 2. The molecule has 2 rings (SSSR count). The third-order valence-electron chi connectivity index (χ3n) is 3.36. The van der Waals surface area contributed by atoms with Gasteiger partial charge in [-0.1, -0.05) is 19.9 Å². The molecule has 2 aromatic rings. The Morgan fingerprint density at radius 1 is 1.13 bits per heavy atom. The van der Waals surface area contributed by atoms with Crippen molar-refractivity contribution in [1.29, 1.82) is 0 Å². The molecule has 0 amide bonds. The minimum atomic E-state index is -0.401. The van der Waals surface area contributed by atoms with Gasteiger partial charge in [0.05, 0.1) is 19.3 Å². The summed E-state index contributed by atoms with van der Waals surface area (Å²) in [5.41, 5.74) is 7.20. The van der Waals surface area contributed by atoms with E-state index >= 15 is 0 Å². The number of nitrogens with one attached hydrogen (secondary N) is 1. The van der Waals surface area contributed by atoms with Crippen LogP contribution in [0.1, 0.15) is 50.9 Å². The Morgan fingerprint density at radius 2 is 1.83 bits per heavy atom. The summed E-state index contributed by atoms with van der Waals surface area (Å²) in [6.45, 7) is 9.32. The standard InChI is InChI=1S/C17H26N4O2/c1-5-22-13-8-7-12(10-14(13)23-6-2)16(18)17-19-15(20-21-17)9-11(3)4/h7-8,10-11,16H,5-6,9,18H2,1-4H3,(H,19,20,21)/t16-/m1/s1. The predicted octanol–water partition coefficient (Wildman–Crippen LogP) is 2.85. The number of rotatable bonds is 8. The maximum absolute atomic E-state index is 6.31. The first-order valence-corrected chi connectivity index (χ1v) is 8.11. The maximum atomic E-state index is 6.31. The van der Waals surface area contributed by atoms with Crippen molar-refractivity contribution in [3.8, 4) is 11.5 Å². The second-order valence-electron chi connectivity index (χ2n) is 5.79. The molecule has 6 heteroatoms. The van der Waals surface area contributed by atoms with Crippen molar-refractivity contribution in [1.82, 2.24) is 15.2 Å². The molecule has 126 valence electrons. The molecule has 6 nitrogen and oxygen atoms in total. The zero-order chi connectivity index (χ0) is 16.8. The molecule has 0 aliphatic carbocycles. The van der Waals surface area contributed by atoms with Crippen LogP contribution in [0.25, 0.3) is 0 Å². The number of aromatic nitrogens is 3. The van der Waals surface area contributed by atoms with Crippen LogP contribution in [0.4, 0.5) is 0 Å². The van der Waals surface area contributed by atoms with Gasteiger partial charge in [0.2, 0.25) is 0 Å². The number of aromatic amines is 1. The smallest absolute Gasteiger partial charge is 0.171 e. The molecule has 3 N–H and O–H groups in total. The highest BCUT2D eigenvalue weighted by Crippen LogP contribution is 2.31. The lowest BCUT2D eigenvalue weighted by molar-refractivity contribution is 0.287. The topological polar surface area (TPSA) is 86.0 Å². The Balaban J connectivity index is 2.22. The fourth-order valence-corrected chi connectivity index (χ4v) is 2.34. The molecule has 0 saturated heterocycles. The number of hydrogen-bond acceptors (Lipinski definition) is 5. The van der Waals surface area contributed by atoms with Crippen LogP contribution in [0.3, 0.4) is 0 Å². The third-order valence-corrected chi connectivity index (χ3v) is 3.36. The normalized spacial score (nSPS) is 12.4. The highest BCUT2D eigenvalue weighted by molar-refractivity contribution is 5.44. The van der Waals surface area contributed by atoms with Crippen molar-refractivity contribution >= 4 is 0 Å². The molecule has 0 spiro atoms. The lowest BCUT2D eigenvalue weighted by Gasteiger charge is -2.14. The van der Waals surface area contributed by atoms with Gasteiger partial charge in [-0.15, -0.1) is 0 Å². The first kappa shape index (κ1) is 17.3. The minimum Gasteiger partial charge on any atom is -0.490 e. The molecule has 0 bridgehead atoms. The zero-order valence-corrected chi connectivity index (χ0v) is 14.3. The Labute approximate surface area is 137 Å². The summed E-state index contributed by atoms with van der Waals surface area (Å²) in [5, 5.41) is 7.21. The molecule has 1 atom stereocenters. The van der Waals surface area contributed by atoms with Gasteiger partial charge in [-0.2, -0.15) is 5.10 Å². The van der Waals surface area contributed by atoms with Crippen LogP contribution in [0.5, 0.6) is 11.5 Å². The molecule has 0 saturated carbocycles. The van der Waals surface area contributed by atoms with Crippen molar-refractivity contribution in [2.75, 3.05) is 13.2 Å². The zero-order valence-electron chi connectivity index (χ0n) is 14.3. The van der Waals surface area contributed by atoms with Gasteiger partial charge in [0.1, 0.15) is 5.82 Å². The van der Waals surface area contributed by atoms with E-state index in [9.17, 15) is 0 Å². The first-order valence-electron chi connectivity index (χ1n) is 8.11. The second-order valence-corrected chi connectivity index (χ2v) is 5.79. The van der Waals surface area contributed by atoms with E-state index < -0.39 is 6.04 Å². The van der Waals surface area contributed by atoms with E-state index in [1.54, 1.807) is 0 Å². The molecule has 1 heterocycles. The monoisotopic (exact) mass is 318 g/mol. The molecule has 1 aromatic carbocycles. The molecule has 0 aliphatic rings. The van der Waals surface area contributed by atoms with Crippen LogP contribution in [0, 0.1) is 5.92 Å². The fraction of sp³-hybridized carbons (Fsp3) is 0.529. The van der Waals surface area contributed by atoms with E-state index in [2.05, 4.69) is 29.0 Å². The van der Waals surface area contributed by atoms with Crippen LogP contribution >= 0.6 is 0 Å². The summed E-state index contributed by atoms with van der Waals surface area (Å²) in [7, 11) is 0. The largest absolute Gasteiger partial charge is 0.490 e. The third kappa shape index (κ3) is 4.45. The molecule has 0 fully saturated rings. The van der Waals surface area contributed by atoms with Gasteiger partial charge in [-0.05, 0) is 37.5 Å². The van der Waals surface area contributed by atoms with E-state index in [0.29, 0.717) is 30.7 Å². The Hall–Kier alpha value is -2.08. The number of benzene rings is 1. The van der Waals surface area contributed by atoms with Crippen LogP contribution in [-0.4, -0.2) is 28.4 Å². The summed E-state index contributed by atoms with van der Waals surface area (Å²) in [4.78, 5) is 4.50. The van der Waals surface area contributed by atoms with Gasteiger partial charge < -0.3 is 15.2 Å². The van der Waals surface area contributed by atoms with Crippen molar-refractivity contribution in [2.24, 2.45) is 11.7 Å². The number of hydrogen-bond donors (Lipinski definition) is 2. The summed E-state index contributed by atoms with van der Waals surface area (Å²) in [6.07, 6.45) is 0.854. The number of nitrogens with two attached hydrogens (primary N) is 1. The number of ether oxygens (including phenoxy) is 2. The lowest BCUT2D eigenvalue weighted by atomic mass is 10.1. The van der Waals surface area contributed by atoms with Gasteiger partial charge in [0.25, 0.3) is 0 Å². The minimum absolute atomic E-state index is 0.401. The van der Waals surface area contributed by atoms with Crippen LogP contribution in [0.2, 0.25) is 0 Å². The number of H-pyrrole nitrogens is 1. The van der Waals surface area contributed by atoms with Crippen LogP contribution in [0.15, 0.2) is 18.2 Å². The quantitative estimate of drug-likeness (QED) is 0.781. The van der Waals surface area contributed by atoms with Crippen molar-refractivity contribution in [3.05, 3.63) is 35.4 Å². The Bertz CT molecular complexity index is 625. The molecule has 1 aromatic heterocycles. The van der Waals surface area contributed by atoms with E-state index in [1.807, 2.05) is 32.0 Å². The second kappa shape index (κ2) is 7.97. The summed E-state index contributed by atoms with van der Waals surface area (Å²) in [5.74, 6) is 3.39. The highest BCUT2D eigenvalue weighted by Gasteiger charge is 2.17. The SMILES string of the molecule is CCOc1ccc([C@@H](N)c2n[nH]c(CC(C)C)n2)cc1OCC. The summed E-state index contributed by atoms with van der Waals surface area (Å²) in [6, 6.07) is 5.31. The maximum Gasteiger partial charge on any atom is 0.171 e. The summed E-state index contributed by atoms with van der Waals surface area (Å²) >= 11 is 0. The van der Waals surface area contributed by atoms with Crippen LogP contribution < -0.4 is 15.2 Å². The van der Waals surface area contributed by atoms with Crippen molar-refractivity contribution < 1.29 is 9.47 Å². The van der Waals surface area contributed by atoms with E-state index in [4.69, 9.17) is 15.2 Å². The van der Waals surface area contributed by atoms with Crippen molar-refractivity contribution in [2.45, 2.75) is 40.2 Å². The van der Waals surface area contributed by atoms with Gasteiger partial charge in [0.15, 0.2) is 17.3 Å². The van der Waals surface area contributed by atoms with Crippen molar-refractivity contribution in [3.63, 3.8) is 0 Å². The molecule has 23 heavy (non-hydrogen) atoms. The van der Waals surface area contributed by atoms with Gasteiger partial charge in [-0.25, -0.2) is 4.98 Å². The summed E-state index contributed by atoms with van der Waals surface area (Å²) < 4.78 is 11.2. The van der Waals surface area contributed by atoms with Gasteiger partial charge in [0, 0.05) is 6.42 Å². The molecule has 0 radical (unpaired) electrons. The molecular weight excluding hydrogens is 292 g/mol. The predicted molar refractivity (Wildman–Crippen MR) is 89.7 cm³/mol. The van der Waals surface area contributed by atoms with E-state index in [-0.39, 0.29) is 0 Å². The van der Waals surface area contributed by atoms with Gasteiger partial charge >= 0.3 is 0 Å². The molecule has 0 unspecified atom stereocenters. The van der Waals surface area contributed by atoms with Gasteiger partial charge in [-0.3, -0.25) is 5.10 Å². The fourth-order valence-electron chi connectivity index (χ4n) is 2.34. The van der Waals surface area contributed by atoms with E-state index in [0.717, 1.165) is 23.6 Å². The van der Waals surface area contributed by atoms with Crippen LogP contribution in [-0.2, 0) is 6.42 Å². The Morgan fingerprint density at radius 3 is 2.48 bits per heavy atom. The average molecular weight is 318 g/mol. The average Bonchev–Trinajstić information content (AvgIpc) is 2.96. The lowest BCUT2D eigenvalue weighted by Crippen LogP contribution is -2.14. The molecular formula is C17H26N4O2. The molecule has 0 aliphatic heterocycles.